The molecule has 104 valence electrons. The van der Waals surface area contributed by atoms with E-state index in [0.29, 0.717) is 5.56 Å². The molecule has 2 N–H and O–H groups in total. The topological polar surface area (TPSA) is 75.1 Å². The molecule has 0 bridgehead atoms. The van der Waals surface area contributed by atoms with Gasteiger partial charge in [-0.1, -0.05) is 12.6 Å². The SMILES string of the molecule is C=C1Nc2ncncc2[C@]12Cc1ccc(C(=O)O)cc1C2. The van der Waals surface area contributed by atoms with Crippen molar-refractivity contribution in [3.05, 3.63) is 65.3 Å². The second-order valence-corrected chi connectivity index (χ2v) is 5.61. The van der Waals surface area contributed by atoms with Crippen molar-refractivity contribution in [1.29, 1.82) is 0 Å². The van der Waals surface area contributed by atoms with E-state index in [-0.39, 0.29) is 5.41 Å². The number of carboxylic acids is 1. The van der Waals surface area contributed by atoms with Crippen molar-refractivity contribution in [3.8, 4) is 0 Å². The maximum atomic E-state index is 11.1. The fourth-order valence-electron chi connectivity index (χ4n) is 3.42. The van der Waals surface area contributed by atoms with Crippen LogP contribution < -0.4 is 5.32 Å². The molecule has 0 radical (unpaired) electrons. The van der Waals surface area contributed by atoms with E-state index in [2.05, 4.69) is 21.9 Å². The van der Waals surface area contributed by atoms with E-state index in [1.54, 1.807) is 12.1 Å². The molecule has 1 spiro atoms. The van der Waals surface area contributed by atoms with Crippen LogP contribution in [-0.2, 0) is 18.3 Å². The Labute approximate surface area is 121 Å². The van der Waals surface area contributed by atoms with Gasteiger partial charge in [-0.05, 0) is 36.1 Å². The first-order valence-electron chi connectivity index (χ1n) is 6.72. The normalized spacial score (nSPS) is 22.0. The van der Waals surface area contributed by atoms with Gasteiger partial charge in [0.1, 0.15) is 12.1 Å². The van der Waals surface area contributed by atoms with Crippen LogP contribution in [0.2, 0.25) is 0 Å². The van der Waals surface area contributed by atoms with Crippen molar-refractivity contribution in [2.24, 2.45) is 0 Å². The van der Waals surface area contributed by atoms with Crippen LogP contribution in [-0.4, -0.2) is 21.0 Å². The van der Waals surface area contributed by atoms with Gasteiger partial charge >= 0.3 is 5.97 Å². The summed E-state index contributed by atoms with van der Waals surface area (Å²) < 4.78 is 0. The number of nitrogens with one attached hydrogen (secondary N) is 1. The number of aromatic carboxylic acids is 1. The molecule has 4 rings (SSSR count). The minimum absolute atomic E-state index is 0.254. The summed E-state index contributed by atoms with van der Waals surface area (Å²) in [5.74, 6) is -0.0906. The van der Waals surface area contributed by atoms with Crippen LogP contribution >= 0.6 is 0 Å². The lowest BCUT2D eigenvalue weighted by atomic mass is 9.78. The van der Waals surface area contributed by atoms with Crippen molar-refractivity contribution in [2.45, 2.75) is 18.3 Å². The highest BCUT2D eigenvalue weighted by atomic mass is 16.4. The van der Waals surface area contributed by atoms with E-state index in [4.69, 9.17) is 5.11 Å². The number of rotatable bonds is 1. The molecule has 5 heteroatoms. The van der Waals surface area contributed by atoms with Gasteiger partial charge in [0, 0.05) is 22.9 Å². The number of aromatic nitrogens is 2. The van der Waals surface area contributed by atoms with Crippen LogP contribution in [0.5, 0.6) is 0 Å². The summed E-state index contributed by atoms with van der Waals surface area (Å²) in [6.45, 7) is 4.15. The summed E-state index contributed by atoms with van der Waals surface area (Å²) in [4.78, 5) is 19.5. The van der Waals surface area contributed by atoms with Crippen molar-refractivity contribution in [3.63, 3.8) is 0 Å². The molecule has 0 fully saturated rings. The van der Waals surface area contributed by atoms with Gasteiger partial charge in [0.05, 0.1) is 5.56 Å². The zero-order valence-corrected chi connectivity index (χ0v) is 11.3. The molecule has 21 heavy (non-hydrogen) atoms. The smallest absolute Gasteiger partial charge is 0.335 e. The van der Waals surface area contributed by atoms with Gasteiger partial charge in [-0.2, -0.15) is 0 Å². The van der Waals surface area contributed by atoms with Gasteiger partial charge in [0.25, 0.3) is 0 Å². The average Bonchev–Trinajstić information content (AvgIpc) is 2.98. The van der Waals surface area contributed by atoms with Gasteiger partial charge in [-0.15, -0.1) is 0 Å². The number of allylic oxidation sites excluding steroid dienone is 1. The molecule has 0 unspecified atom stereocenters. The Kier molecular flexibility index (Phi) is 2.25. The zero-order chi connectivity index (χ0) is 14.6. The lowest BCUT2D eigenvalue weighted by Gasteiger charge is -2.23. The average molecular weight is 279 g/mol. The minimum Gasteiger partial charge on any atom is -0.478 e. The first-order valence-corrected chi connectivity index (χ1v) is 6.72. The van der Waals surface area contributed by atoms with Gasteiger partial charge in [0.2, 0.25) is 0 Å². The highest BCUT2D eigenvalue weighted by Gasteiger charge is 2.47. The second kappa shape index (κ2) is 3.91. The van der Waals surface area contributed by atoms with E-state index < -0.39 is 5.97 Å². The van der Waals surface area contributed by atoms with Crippen LogP contribution in [0.25, 0.3) is 0 Å². The molecule has 0 amide bonds. The predicted octanol–water partition coefficient (Wildman–Crippen LogP) is 2.15. The maximum absolute atomic E-state index is 11.1. The molecule has 1 aliphatic heterocycles. The third-order valence-electron chi connectivity index (χ3n) is 4.51. The fourth-order valence-corrected chi connectivity index (χ4v) is 3.42. The summed E-state index contributed by atoms with van der Waals surface area (Å²) in [6.07, 6.45) is 4.88. The molecule has 1 aromatic carbocycles. The van der Waals surface area contributed by atoms with E-state index in [1.807, 2.05) is 12.3 Å². The Bertz CT molecular complexity index is 800. The number of nitrogens with zero attached hydrogens (tertiary/aromatic N) is 2. The molecular weight excluding hydrogens is 266 g/mol. The van der Waals surface area contributed by atoms with Crippen LogP contribution in [0.1, 0.15) is 27.0 Å². The van der Waals surface area contributed by atoms with Crippen molar-refractivity contribution >= 4 is 11.8 Å². The fraction of sp³-hybridized carbons (Fsp3) is 0.188. The molecule has 0 saturated carbocycles. The van der Waals surface area contributed by atoms with Gasteiger partial charge < -0.3 is 10.4 Å². The Hall–Kier alpha value is -2.69. The number of carbonyl (C=O) groups is 1. The van der Waals surface area contributed by atoms with Gasteiger partial charge in [0.15, 0.2) is 0 Å². The van der Waals surface area contributed by atoms with Crippen molar-refractivity contribution in [1.82, 2.24) is 9.97 Å². The van der Waals surface area contributed by atoms with Crippen molar-refractivity contribution in [2.75, 3.05) is 5.32 Å². The van der Waals surface area contributed by atoms with Crippen LogP contribution in [0.4, 0.5) is 5.82 Å². The second-order valence-electron chi connectivity index (χ2n) is 5.61. The number of fused-ring (bicyclic) bond motifs is 3. The molecule has 2 heterocycles. The van der Waals surface area contributed by atoms with E-state index in [9.17, 15) is 4.79 Å². The van der Waals surface area contributed by atoms with Gasteiger partial charge in [-0.25, -0.2) is 14.8 Å². The highest BCUT2D eigenvalue weighted by Crippen LogP contribution is 2.50. The van der Waals surface area contributed by atoms with Crippen LogP contribution in [0.3, 0.4) is 0 Å². The molecule has 1 atom stereocenters. The zero-order valence-electron chi connectivity index (χ0n) is 11.3. The first kappa shape index (κ1) is 12.1. The maximum Gasteiger partial charge on any atom is 0.335 e. The van der Waals surface area contributed by atoms with Crippen molar-refractivity contribution < 1.29 is 9.90 Å². The monoisotopic (exact) mass is 279 g/mol. The molecule has 0 saturated heterocycles. The number of hydrogen-bond donors (Lipinski definition) is 2. The summed E-state index contributed by atoms with van der Waals surface area (Å²) in [6, 6.07) is 5.33. The van der Waals surface area contributed by atoms with E-state index >= 15 is 0 Å². The molecular formula is C16H13N3O2. The summed E-state index contributed by atoms with van der Waals surface area (Å²) in [5.41, 5.74) is 4.26. The quantitative estimate of drug-likeness (QED) is 0.836. The molecule has 1 aliphatic carbocycles. The molecule has 2 aliphatic rings. The van der Waals surface area contributed by atoms with E-state index in [1.165, 1.54) is 11.9 Å². The van der Waals surface area contributed by atoms with Crippen LogP contribution in [0, 0.1) is 0 Å². The lowest BCUT2D eigenvalue weighted by molar-refractivity contribution is 0.0697. The number of carboxylic acid groups (broad SMARTS) is 1. The minimum atomic E-state index is -0.897. The predicted molar refractivity (Wildman–Crippen MR) is 77.3 cm³/mol. The summed E-state index contributed by atoms with van der Waals surface area (Å²) in [7, 11) is 0. The lowest BCUT2D eigenvalue weighted by Crippen LogP contribution is -2.26. The molecule has 1 aromatic heterocycles. The van der Waals surface area contributed by atoms with Gasteiger partial charge in [-0.3, -0.25) is 0 Å². The third-order valence-corrected chi connectivity index (χ3v) is 4.51. The summed E-state index contributed by atoms with van der Waals surface area (Å²) >= 11 is 0. The number of benzene rings is 1. The number of anilines is 1. The number of hydrogen-bond acceptors (Lipinski definition) is 4. The van der Waals surface area contributed by atoms with Crippen LogP contribution in [0.15, 0.2) is 43.0 Å². The Morgan fingerprint density at radius 3 is 2.95 bits per heavy atom. The standard InChI is InChI=1S/C16H13N3O2/c1-9-16(13-7-17-8-18-14(13)19-9)5-11-3-2-10(15(20)21)4-12(11)6-16/h2-4,7-8H,1,5-6H2,(H,20,21)(H,17,18,19)/t16-/m0/s1. The Morgan fingerprint density at radius 1 is 1.33 bits per heavy atom. The Balaban J connectivity index is 1.83. The third kappa shape index (κ3) is 1.54. The first-order chi connectivity index (χ1) is 10.1. The summed E-state index contributed by atoms with van der Waals surface area (Å²) in [5, 5.41) is 12.4. The highest BCUT2D eigenvalue weighted by molar-refractivity contribution is 5.88. The largest absolute Gasteiger partial charge is 0.478 e. The molecule has 2 aromatic rings. The molecule has 5 nitrogen and oxygen atoms in total. The van der Waals surface area contributed by atoms with E-state index in [0.717, 1.165) is 35.5 Å². The Morgan fingerprint density at radius 2 is 2.14 bits per heavy atom.